The van der Waals surface area contributed by atoms with Gasteiger partial charge in [0.25, 0.3) is 10.0 Å². The van der Waals surface area contributed by atoms with Gasteiger partial charge in [0.15, 0.2) is 0 Å². The van der Waals surface area contributed by atoms with Gasteiger partial charge in [0, 0.05) is 24.0 Å². The van der Waals surface area contributed by atoms with E-state index in [-0.39, 0.29) is 18.5 Å². The van der Waals surface area contributed by atoms with Crippen molar-refractivity contribution in [2.75, 3.05) is 19.6 Å². The van der Waals surface area contributed by atoms with E-state index in [9.17, 15) is 13.2 Å². The third-order valence-electron chi connectivity index (χ3n) is 3.16. The Morgan fingerprint density at radius 3 is 2.42 bits per heavy atom. The molecule has 0 N–H and O–H groups in total. The quantitative estimate of drug-likeness (QED) is 0.845. The molecule has 0 saturated carbocycles. The normalized spacial score (nSPS) is 18.3. The number of hydrogen-bond donors (Lipinski definition) is 0. The molecule has 1 fully saturated rings. The number of carbonyl (C=O) groups excluding carboxylic acids is 1. The van der Waals surface area contributed by atoms with Crippen LogP contribution in [0.2, 0.25) is 0 Å². The molecule has 2 heterocycles. The minimum atomic E-state index is -3.52. The maximum Gasteiger partial charge on any atom is 0.253 e. The van der Waals surface area contributed by atoms with Gasteiger partial charge in [-0.15, -0.1) is 11.3 Å². The zero-order valence-electron chi connectivity index (χ0n) is 11.3. The van der Waals surface area contributed by atoms with Gasteiger partial charge in [-0.3, -0.25) is 4.79 Å². The Balaban J connectivity index is 2.18. The average Bonchev–Trinajstić information content (AvgIpc) is 2.76. The van der Waals surface area contributed by atoms with E-state index in [1.54, 1.807) is 17.0 Å². The van der Waals surface area contributed by atoms with Gasteiger partial charge in [-0.25, -0.2) is 8.42 Å². The Bertz CT molecular complexity index is 578. The Labute approximate surface area is 117 Å². The topological polar surface area (TPSA) is 57.7 Å². The van der Waals surface area contributed by atoms with E-state index in [0.29, 0.717) is 17.3 Å². The molecule has 1 aliphatic rings. The second-order valence-corrected chi connectivity index (χ2v) is 8.34. The summed E-state index contributed by atoms with van der Waals surface area (Å²) in [7, 11) is -3.52. The summed E-state index contributed by atoms with van der Waals surface area (Å²) in [6, 6.07) is 3.50. The second kappa shape index (κ2) is 5.22. The van der Waals surface area contributed by atoms with Crippen molar-refractivity contribution in [1.82, 2.24) is 9.21 Å². The third kappa shape index (κ3) is 2.82. The molecule has 1 aromatic rings. The van der Waals surface area contributed by atoms with Crippen molar-refractivity contribution < 1.29 is 13.2 Å². The molecule has 1 saturated heterocycles. The van der Waals surface area contributed by atoms with Gasteiger partial charge in [-0.05, 0) is 32.9 Å². The van der Waals surface area contributed by atoms with Crippen molar-refractivity contribution in [3.05, 3.63) is 17.0 Å². The van der Waals surface area contributed by atoms with Crippen molar-refractivity contribution >= 4 is 27.3 Å². The number of rotatable bonds is 3. The molecular weight excluding hydrogens is 284 g/mol. The third-order valence-corrected chi connectivity index (χ3v) is 6.47. The van der Waals surface area contributed by atoms with Crippen LogP contribution in [0.1, 0.15) is 18.7 Å². The standard InChI is InChI=1S/C12H18N2O3S2/c1-9(2)14-7-6-13(8-11(14)15)19(16,17)12-5-4-10(3)18-12/h4-5,9H,6-8H2,1-3H3. The van der Waals surface area contributed by atoms with Gasteiger partial charge < -0.3 is 4.90 Å². The van der Waals surface area contributed by atoms with Gasteiger partial charge in [0.2, 0.25) is 5.91 Å². The summed E-state index contributed by atoms with van der Waals surface area (Å²) in [5, 5.41) is 0. The number of amides is 1. The van der Waals surface area contributed by atoms with Crippen LogP contribution in [0, 0.1) is 6.92 Å². The molecule has 2 rings (SSSR count). The molecule has 0 atom stereocenters. The monoisotopic (exact) mass is 302 g/mol. The molecule has 7 heteroatoms. The summed E-state index contributed by atoms with van der Waals surface area (Å²) in [5.41, 5.74) is 0. The molecule has 0 spiro atoms. The molecule has 1 aromatic heterocycles. The highest BCUT2D eigenvalue weighted by atomic mass is 32.2. The van der Waals surface area contributed by atoms with Crippen LogP contribution < -0.4 is 0 Å². The zero-order valence-corrected chi connectivity index (χ0v) is 12.9. The molecule has 0 bridgehead atoms. The van der Waals surface area contributed by atoms with Crippen LogP contribution in [0.25, 0.3) is 0 Å². The van der Waals surface area contributed by atoms with Crippen molar-refractivity contribution in [3.8, 4) is 0 Å². The predicted octanol–water partition coefficient (Wildman–Crippen LogP) is 1.30. The summed E-state index contributed by atoms with van der Waals surface area (Å²) in [4.78, 5) is 14.6. The highest BCUT2D eigenvalue weighted by Gasteiger charge is 2.34. The minimum Gasteiger partial charge on any atom is -0.338 e. The molecule has 1 aliphatic heterocycles. The van der Waals surface area contributed by atoms with Crippen molar-refractivity contribution in [1.29, 1.82) is 0 Å². The number of carbonyl (C=O) groups is 1. The summed E-state index contributed by atoms with van der Waals surface area (Å²) >= 11 is 1.24. The first-order valence-corrected chi connectivity index (χ1v) is 8.44. The van der Waals surface area contributed by atoms with E-state index in [4.69, 9.17) is 0 Å². The van der Waals surface area contributed by atoms with Crippen LogP contribution in [-0.2, 0) is 14.8 Å². The average molecular weight is 302 g/mol. The number of aryl methyl sites for hydroxylation is 1. The van der Waals surface area contributed by atoms with Crippen molar-refractivity contribution in [2.45, 2.75) is 31.0 Å². The molecule has 106 valence electrons. The van der Waals surface area contributed by atoms with E-state index in [1.807, 2.05) is 20.8 Å². The second-order valence-electron chi connectivity index (χ2n) is 4.88. The van der Waals surface area contributed by atoms with Crippen LogP contribution in [0.4, 0.5) is 0 Å². The Morgan fingerprint density at radius 2 is 1.95 bits per heavy atom. The fourth-order valence-electron chi connectivity index (χ4n) is 2.09. The number of piperazine rings is 1. The van der Waals surface area contributed by atoms with E-state index in [1.165, 1.54) is 15.6 Å². The Hall–Kier alpha value is -0.920. The first-order chi connectivity index (χ1) is 8.82. The molecule has 5 nitrogen and oxygen atoms in total. The van der Waals surface area contributed by atoms with Crippen molar-refractivity contribution in [3.63, 3.8) is 0 Å². The Morgan fingerprint density at radius 1 is 1.26 bits per heavy atom. The van der Waals surface area contributed by atoms with Gasteiger partial charge >= 0.3 is 0 Å². The predicted molar refractivity (Wildman–Crippen MR) is 74.7 cm³/mol. The van der Waals surface area contributed by atoms with Crippen LogP contribution >= 0.6 is 11.3 Å². The van der Waals surface area contributed by atoms with Crippen LogP contribution in [0.15, 0.2) is 16.3 Å². The Kier molecular flexibility index (Phi) is 3.98. The van der Waals surface area contributed by atoms with Gasteiger partial charge in [-0.1, -0.05) is 0 Å². The highest BCUT2D eigenvalue weighted by Crippen LogP contribution is 2.25. The van der Waals surface area contributed by atoms with Crippen LogP contribution in [0.3, 0.4) is 0 Å². The lowest BCUT2D eigenvalue weighted by atomic mass is 10.2. The van der Waals surface area contributed by atoms with E-state index in [0.717, 1.165) is 4.88 Å². The van der Waals surface area contributed by atoms with Crippen molar-refractivity contribution in [2.24, 2.45) is 0 Å². The van der Waals surface area contributed by atoms with Gasteiger partial charge in [0.05, 0.1) is 6.54 Å². The smallest absolute Gasteiger partial charge is 0.253 e. The fraction of sp³-hybridized carbons (Fsp3) is 0.583. The number of hydrogen-bond acceptors (Lipinski definition) is 4. The van der Waals surface area contributed by atoms with E-state index < -0.39 is 10.0 Å². The van der Waals surface area contributed by atoms with Crippen LogP contribution in [0.5, 0.6) is 0 Å². The molecular formula is C12H18N2O3S2. The lowest BCUT2D eigenvalue weighted by Gasteiger charge is -2.35. The first kappa shape index (κ1) is 14.5. The summed E-state index contributed by atoms with van der Waals surface area (Å²) in [5.74, 6) is -0.127. The maximum atomic E-state index is 12.4. The lowest BCUT2D eigenvalue weighted by Crippen LogP contribution is -2.54. The minimum absolute atomic E-state index is 0.0581. The molecule has 0 aliphatic carbocycles. The molecule has 0 radical (unpaired) electrons. The summed E-state index contributed by atoms with van der Waals surface area (Å²) in [6.07, 6.45) is 0. The summed E-state index contributed by atoms with van der Waals surface area (Å²) in [6.45, 7) is 6.50. The maximum absolute atomic E-state index is 12.4. The van der Waals surface area contributed by atoms with Gasteiger partial charge in [-0.2, -0.15) is 4.31 Å². The van der Waals surface area contributed by atoms with E-state index >= 15 is 0 Å². The number of sulfonamides is 1. The zero-order chi connectivity index (χ0) is 14.2. The number of nitrogens with zero attached hydrogens (tertiary/aromatic N) is 2. The van der Waals surface area contributed by atoms with Crippen LogP contribution in [-0.4, -0.2) is 49.2 Å². The van der Waals surface area contributed by atoms with E-state index in [2.05, 4.69) is 0 Å². The molecule has 1 amide bonds. The number of thiophene rings is 1. The molecule has 0 aromatic carbocycles. The summed E-state index contributed by atoms with van der Waals surface area (Å²) < 4.78 is 26.4. The SMILES string of the molecule is Cc1ccc(S(=O)(=O)N2CCN(C(C)C)C(=O)C2)s1. The van der Waals surface area contributed by atoms with Gasteiger partial charge in [0.1, 0.15) is 4.21 Å². The lowest BCUT2D eigenvalue weighted by molar-refractivity contribution is -0.135. The molecule has 19 heavy (non-hydrogen) atoms. The first-order valence-electron chi connectivity index (χ1n) is 6.18. The fourth-order valence-corrected chi connectivity index (χ4v) is 4.91. The highest BCUT2D eigenvalue weighted by molar-refractivity contribution is 7.91. The molecule has 0 unspecified atom stereocenters. The largest absolute Gasteiger partial charge is 0.338 e.